The van der Waals surface area contributed by atoms with Gasteiger partial charge in [-0.2, -0.15) is 0 Å². The van der Waals surface area contributed by atoms with Crippen molar-refractivity contribution in [3.8, 4) is 0 Å². The zero-order valence-electron chi connectivity index (χ0n) is 22.9. The number of aliphatic hydroxyl groups is 1. The second-order valence-electron chi connectivity index (χ2n) is 11.6. The van der Waals surface area contributed by atoms with Crippen LogP contribution in [0.4, 0.5) is 0 Å². The van der Waals surface area contributed by atoms with E-state index in [1.807, 2.05) is 56.3 Å². The predicted molar refractivity (Wildman–Crippen MR) is 153 cm³/mol. The Labute approximate surface area is 226 Å². The van der Waals surface area contributed by atoms with E-state index >= 15 is 0 Å². The molecule has 1 aromatic heterocycles. The second kappa shape index (κ2) is 10.4. The Bertz CT molecular complexity index is 1270. The van der Waals surface area contributed by atoms with Crippen LogP contribution in [0, 0.1) is 0 Å². The lowest BCUT2D eigenvalue weighted by molar-refractivity contribution is -0.150. The molecule has 200 valence electrons. The molecule has 38 heavy (non-hydrogen) atoms. The van der Waals surface area contributed by atoms with E-state index in [9.17, 15) is 5.11 Å². The van der Waals surface area contributed by atoms with Gasteiger partial charge in [0.2, 0.25) is 0 Å². The van der Waals surface area contributed by atoms with Gasteiger partial charge in [0.05, 0.1) is 12.7 Å². The Morgan fingerprint density at radius 1 is 0.842 bits per heavy atom. The lowest BCUT2D eigenvalue weighted by atomic mass is 10.1. The van der Waals surface area contributed by atoms with E-state index in [-0.39, 0.29) is 17.2 Å². The van der Waals surface area contributed by atoms with Crippen molar-refractivity contribution in [1.82, 2.24) is 0 Å². The molecular formula is C32H38O5Si. The molecule has 5 rings (SSSR count). The third-order valence-corrected chi connectivity index (χ3v) is 12.4. The molecule has 0 spiro atoms. The first kappa shape index (κ1) is 26.8. The summed E-state index contributed by atoms with van der Waals surface area (Å²) < 4.78 is 25.7. The lowest BCUT2D eigenvalue weighted by Crippen LogP contribution is -2.67. The van der Waals surface area contributed by atoms with Crippen LogP contribution < -0.4 is 10.4 Å². The van der Waals surface area contributed by atoms with Gasteiger partial charge in [-0.3, -0.25) is 0 Å². The van der Waals surface area contributed by atoms with Crippen molar-refractivity contribution in [2.75, 3.05) is 6.61 Å². The summed E-state index contributed by atoms with van der Waals surface area (Å²) >= 11 is 0. The Morgan fingerprint density at radius 3 is 1.97 bits per heavy atom. The molecule has 0 saturated carbocycles. The fraction of sp³-hybridized carbons (Fsp3) is 0.375. The van der Waals surface area contributed by atoms with Gasteiger partial charge in [0, 0.05) is 11.8 Å². The molecule has 0 aliphatic carbocycles. The third-order valence-electron chi connectivity index (χ3n) is 7.39. The van der Waals surface area contributed by atoms with Crippen LogP contribution in [0.5, 0.6) is 0 Å². The molecule has 1 aliphatic rings. The largest absolute Gasteiger partial charge is 0.458 e. The summed E-state index contributed by atoms with van der Waals surface area (Å²) in [6.45, 7) is 11.0. The van der Waals surface area contributed by atoms with Crippen molar-refractivity contribution in [2.24, 2.45) is 0 Å². The van der Waals surface area contributed by atoms with Crippen molar-refractivity contribution >= 4 is 29.7 Å². The molecule has 0 bridgehead atoms. The highest BCUT2D eigenvalue weighted by atomic mass is 28.4. The van der Waals surface area contributed by atoms with E-state index in [1.165, 1.54) is 10.4 Å². The quantitative estimate of drug-likeness (QED) is 0.285. The van der Waals surface area contributed by atoms with Crippen molar-refractivity contribution in [2.45, 2.75) is 70.2 Å². The number of hydrogen-bond acceptors (Lipinski definition) is 5. The molecule has 1 aliphatic heterocycles. The fourth-order valence-electron chi connectivity index (χ4n) is 5.72. The number of para-hydroxylation sites is 1. The van der Waals surface area contributed by atoms with Gasteiger partial charge in [0.15, 0.2) is 5.79 Å². The summed E-state index contributed by atoms with van der Waals surface area (Å²) in [4.78, 5) is 0. The van der Waals surface area contributed by atoms with Crippen LogP contribution in [-0.4, -0.2) is 38.0 Å². The van der Waals surface area contributed by atoms with Gasteiger partial charge in [0.25, 0.3) is 8.32 Å². The first-order chi connectivity index (χ1) is 18.1. The number of fused-ring (bicyclic) bond motifs is 1. The van der Waals surface area contributed by atoms with Crippen LogP contribution >= 0.6 is 0 Å². The molecule has 2 heterocycles. The minimum atomic E-state index is -2.74. The van der Waals surface area contributed by atoms with Crippen molar-refractivity contribution in [3.63, 3.8) is 0 Å². The minimum Gasteiger partial charge on any atom is -0.458 e. The summed E-state index contributed by atoms with van der Waals surface area (Å²) in [5.41, 5.74) is 0.761. The monoisotopic (exact) mass is 530 g/mol. The molecule has 6 heteroatoms. The van der Waals surface area contributed by atoms with Crippen LogP contribution in [0.25, 0.3) is 11.0 Å². The smallest absolute Gasteiger partial charge is 0.261 e. The van der Waals surface area contributed by atoms with Gasteiger partial charge in [-0.15, -0.1) is 0 Å². The first-order valence-corrected chi connectivity index (χ1v) is 15.3. The van der Waals surface area contributed by atoms with Crippen LogP contribution in [0.15, 0.2) is 95.4 Å². The molecule has 3 atom stereocenters. The fourth-order valence-corrected chi connectivity index (χ4v) is 10.3. The number of rotatable bonds is 8. The molecule has 4 aromatic rings. The number of ether oxygens (including phenoxy) is 2. The Kier molecular flexibility index (Phi) is 7.37. The zero-order valence-corrected chi connectivity index (χ0v) is 23.9. The molecule has 3 aromatic carbocycles. The van der Waals surface area contributed by atoms with Crippen molar-refractivity contribution < 1.29 is 23.4 Å². The maximum Gasteiger partial charge on any atom is 0.261 e. The first-order valence-electron chi connectivity index (χ1n) is 13.4. The topological polar surface area (TPSA) is 61.1 Å². The predicted octanol–water partition coefficient (Wildman–Crippen LogP) is 5.95. The summed E-state index contributed by atoms with van der Waals surface area (Å²) in [7, 11) is -2.74. The molecule has 0 amide bonds. The van der Waals surface area contributed by atoms with Gasteiger partial charge in [-0.25, -0.2) is 0 Å². The highest BCUT2D eigenvalue weighted by molar-refractivity contribution is 6.99. The van der Waals surface area contributed by atoms with Gasteiger partial charge < -0.3 is 23.4 Å². The molecular weight excluding hydrogens is 492 g/mol. The number of hydrogen-bond donors (Lipinski definition) is 1. The van der Waals surface area contributed by atoms with E-state index in [2.05, 4.69) is 69.3 Å². The van der Waals surface area contributed by atoms with Crippen LogP contribution in [0.3, 0.4) is 0 Å². The summed E-state index contributed by atoms with van der Waals surface area (Å²) in [6, 6.07) is 30.8. The average Bonchev–Trinajstić information content (AvgIpc) is 3.45. The normalized spacial score (nSPS) is 20.6. The number of furan rings is 1. The molecule has 1 N–H and O–H groups in total. The van der Waals surface area contributed by atoms with E-state index in [0.29, 0.717) is 18.8 Å². The highest BCUT2D eigenvalue weighted by Gasteiger charge is 2.52. The second-order valence-corrected chi connectivity index (χ2v) is 15.9. The van der Waals surface area contributed by atoms with Gasteiger partial charge >= 0.3 is 0 Å². The Balaban J connectivity index is 1.43. The van der Waals surface area contributed by atoms with E-state index < -0.39 is 20.2 Å². The summed E-state index contributed by atoms with van der Waals surface area (Å²) in [5.74, 6) is -0.247. The zero-order chi connectivity index (χ0) is 27.0. The van der Waals surface area contributed by atoms with Crippen LogP contribution in [0.1, 0.15) is 52.9 Å². The third kappa shape index (κ3) is 5.24. The van der Waals surface area contributed by atoms with E-state index in [4.69, 9.17) is 18.3 Å². The highest BCUT2D eigenvalue weighted by Crippen LogP contribution is 2.39. The summed E-state index contributed by atoms with van der Waals surface area (Å²) in [5, 5.41) is 14.4. The lowest BCUT2D eigenvalue weighted by Gasteiger charge is -2.43. The molecule has 0 unspecified atom stereocenters. The summed E-state index contributed by atoms with van der Waals surface area (Å²) in [6.07, 6.45) is -1.17. The van der Waals surface area contributed by atoms with E-state index in [0.717, 1.165) is 11.0 Å². The SMILES string of the molecule is CC1(C)O[C@@H](C[C@H](O)c2cc3ccccc3o2)[C@@H](CO[Si](c2ccccc2)(c2ccccc2)C(C)(C)C)O1. The number of aliphatic hydroxyl groups excluding tert-OH is 1. The minimum absolute atomic E-state index is 0.145. The molecule has 1 fully saturated rings. The van der Waals surface area contributed by atoms with Gasteiger partial charge in [-0.1, -0.05) is 99.6 Å². The maximum atomic E-state index is 11.1. The molecule has 1 saturated heterocycles. The maximum absolute atomic E-state index is 11.1. The van der Waals surface area contributed by atoms with Crippen molar-refractivity contribution in [1.29, 1.82) is 0 Å². The standard InChI is InChI=1S/C32H38O5Si/c1-31(2,3)38(24-15-8-6-9-16-24,25-17-10-7-11-18-25)34-22-30-29(36-32(4,5)37-30)21-26(33)28-20-23-14-12-13-19-27(23)35-28/h6-20,26,29-30,33H,21-22H2,1-5H3/t26-,29-,30+/m0/s1. The Morgan fingerprint density at radius 2 is 1.39 bits per heavy atom. The Hall–Kier alpha value is -2.74. The van der Waals surface area contributed by atoms with Crippen LogP contribution in [-0.2, 0) is 13.9 Å². The number of benzene rings is 3. The van der Waals surface area contributed by atoms with Crippen LogP contribution in [0.2, 0.25) is 5.04 Å². The molecule has 5 nitrogen and oxygen atoms in total. The van der Waals surface area contributed by atoms with Gasteiger partial charge in [0.1, 0.15) is 23.6 Å². The van der Waals surface area contributed by atoms with E-state index in [1.54, 1.807) is 0 Å². The molecule has 0 radical (unpaired) electrons. The average molecular weight is 531 g/mol. The van der Waals surface area contributed by atoms with Crippen molar-refractivity contribution in [3.05, 3.63) is 96.8 Å². The van der Waals surface area contributed by atoms with Gasteiger partial charge in [-0.05, 0) is 41.4 Å².